The molecule has 0 spiro atoms. The molecule has 0 saturated carbocycles. The zero-order valence-corrected chi connectivity index (χ0v) is 12.1. The van der Waals surface area contributed by atoms with Crippen LogP contribution in [0.15, 0.2) is 0 Å². The van der Waals surface area contributed by atoms with E-state index in [1.165, 1.54) is 0 Å². The monoisotopic (exact) mass is 272 g/mol. The van der Waals surface area contributed by atoms with Gasteiger partial charge in [0.1, 0.15) is 5.78 Å². The molecule has 5 nitrogen and oxygen atoms in total. The molecule has 0 fully saturated rings. The van der Waals surface area contributed by atoms with Gasteiger partial charge in [0.25, 0.3) is 0 Å². The smallest absolute Gasteiger partial charge is 0.726 e. The Balaban J connectivity index is 0. The summed E-state index contributed by atoms with van der Waals surface area (Å²) in [4.78, 5) is 10.6. The number of ketones is 1. The maximum atomic E-state index is 10.6. The zero-order chi connectivity index (χ0) is 13.1. The van der Waals surface area contributed by atoms with Crippen molar-refractivity contribution in [2.75, 3.05) is 6.61 Å². The van der Waals surface area contributed by atoms with E-state index in [1.54, 1.807) is 6.92 Å². The van der Waals surface area contributed by atoms with Gasteiger partial charge in [-0.25, -0.2) is 8.42 Å². The predicted octanol–water partition coefficient (Wildman–Crippen LogP) is -0.823. The summed E-state index contributed by atoms with van der Waals surface area (Å²) in [6.07, 6.45) is 7.29. The molecule has 0 N–H and O–H groups in total. The second-order valence-electron chi connectivity index (χ2n) is 4.16. The molecule has 0 radical (unpaired) electrons. The van der Waals surface area contributed by atoms with Crippen LogP contribution in [0.1, 0.15) is 58.3 Å². The van der Waals surface area contributed by atoms with Gasteiger partial charge in [-0.1, -0.05) is 32.1 Å². The number of Topliss-reactive ketones (excluding diaryl/α,β-unsaturated/α-hetero) is 1. The molecule has 0 aliphatic carbocycles. The van der Waals surface area contributed by atoms with E-state index < -0.39 is 10.4 Å². The number of carbonyl (C=O) groups excluding carboxylic acids is 1. The van der Waals surface area contributed by atoms with Crippen LogP contribution >= 0.6 is 0 Å². The van der Waals surface area contributed by atoms with Crippen LogP contribution in [0.2, 0.25) is 0 Å². The van der Waals surface area contributed by atoms with Crippen LogP contribution in [0.4, 0.5) is 0 Å². The van der Waals surface area contributed by atoms with Gasteiger partial charge in [0, 0.05) is 6.42 Å². The van der Waals surface area contributed by atoms with Crippen LogP contribution in [0, 0.1) is 0 Å². The minimum atomic E-state index is -4.52. The van der Waals surface area contributed by atoms with Crippen molar-refractivity contribution in [2.45, 2.75) is 58.3 Å². The summed E-state index contributed by atoms with van der Waals surface area (Å²) in [5.41, 5.74) is 0. The average molecular weight is 272 g/mol. The van der Waals surface area contributed by atoms with E-state index in [9.17, 15) is 17.8 Å². The van der Waals surface area contributed by atoms with Crippen molar-refractivity contribution in [3.8, 4) is 0 Å². The van der Waals surface area contributed by atoms with E-state index in [4.69, 9.17) is 0 Å². The van der Waals surface area contributed by atoms with Crippen LogP contribution < -0.4 is 18.9 Å². The van der Waals surface area contributed by atoms with Crippen molar-refractivity contribution < 1.29 is 40.8 Å². The summed E-state index contributed by atoms with van der Waals surface area (Å²) in [5, 5.41) is 0. The molecule has 0 amide bonds. The molecule has 18 heavy (non-hydrogen) atoms. The van der Waals surface area contributed by atoms with Gasteiger partial charge < -0.3 is 9.35 Å². The molecule has 0 unspecified atom stereocenters. The zero-order valence-electron chi connectivity index (χ0n) is 11.3. The van der Waals surface area contributed by atoms with Gasteiger partial charge in [0.15, 0.2) is 0 Å². The van der Waals surface area contributed by atoms with Gasteiger partial charge in [-0.05, 0) is 19.8 Å². The first-order chi connectivity index (χ1) is 7.92. The molecule has 0 aromatic heterocycles. The maximum absolute atomic E-state index is 10.6. The largest absolute Gasteiger partial charge is 1.00 e. The van der Waals surface area contributed by atoms with Crippen molar-refractivity contribution in [3.05, 3.63) is 0 Å². The number of unbranched alkanes of at least 4 members (excludes halogenated alkanes) is 6. The summed E-state index contributed by atoms with van der Waals surface area (Å²) in [6.45, 7) is 1.58. The Morgan fingerprint density at radius 2 is 1.44 bits per heavy atom. The first kappa shape index (κ1) is 20.5. The maximum Gasteiger partial charge on any atom is 1.00 e. The number of hydrogen-bond donors (Lipinski definition) is 0. The van der Waals surface area contributed by atoms with E-state index in [-0.39, 0.29) is 31.3 Å². The van der Waals surface area contributed by atoms with E-state index in [0.717, 1.165) is 38.5 Å². The molecule has 0 saturated heterocycles. The third-order valence-electron chi connectivity index (χ3n) is 2.40. The topological polar surface area (TPSA) is 83.5 Å². The Morgan fingerprint density at radius 1 is 1.00 bits per heavy atom. The van der Waals surface area contributed by atoms with Gasteiger partial charge >= 0.3 is 18.9 Å². The number of carbonyl (C=O) groups is 1. The van der Waals surface area contributed by atoms with Gasteiger partial charge in [-0.2, -0.15) is 0 Å². The minimum Gasteiger partial charge on any atom is -0.726 e. The Kier molecular flexibility index (Phi) is 13.8. The second kappa shape index (κ2) is 12.2. The average Bonchev–Trinajstić information content (AvgIpc) is 2.18. The Labute approximate surface area is 122 Å². The minimum absolute atomic E-state index is 0. The Bertz CT molecular complexity index is 303. The molecule has 102 valence electrons. The molecule has 0 aliphatic heterocycles. The summed E-state index contributed by atoms with van der Waals surface area (Å²) in [5.74, 6) is 0.237. The van der Waals surface area contributed by atoms with Gasteiger partial charge in [-0.15, -0.1) is 0 Å². The summed E-state index contributed by atoms with van der Waals surface area (Å²) in [6, 6.07) is 0. The molecule has 0 atom stereocenters. The fourth-order valence-electron chi connectivity index (χ4n) is 1.52. The molecule has 0 aromatic rings. The second-order valence-corrected chi connectivity index (χ2v) is 5.21. The van der Waals surface area contributed by atoms with Crippen LogP contribution in [-0.4, -0.2) is 25.4 Å². The molecular weight excluding hydrogens is 251 g/mol. The summed E-state index contributed by atoms with van der Waals surface area (Å²) in [7, 11) is -4.52. The molecular formula is C11H21LiO5S. The standard InChI is InChI=1S/C11H22O5S.Li/c1-11(12)9-7-5-3-2-4-6-8-10-16-17(13,14)15;/h2-10H2,1H3,(H,13,14,15);/q;+1/p-1. The van der Waals surface area contributed by atoms with Crippen molar-refractivity contribution >= 4 is 16.2 Å². The Hall–Kier alpha value is 0.137. The van der Waals surface area contributed by atoms with Gasteiger partial charge in [-0.3, -0.25) is 4.18 Å². The number of hydrogen-bond acceptors (Lipinski definition) is 5. The number of rotatable bonds is 11. The van der Waals surface area contributed by atoms with Crippen LogP contribution in [0.25, 0.3) is 0 Å². The normalized spacial score (nSPS) is 11.0. The van der Waals surface area contributed by atoms with E-state index in [0.29, 0.717) is 12.8 Å². The van der Waals surface area contributed by atoms with Crippen LogP contribution in [-0.2, 0) is 19.4 Å². The van der Waals surface area contributed by atoms with Crippen molar-refractivity contribution in [1.29, 1.82) is 0 Å². The van der Waals surface area contributed by atoms with Crippen molar-refractivity contribution in [2.24, 2.45) is 0 Å². The fourth-order valence-corrected chi connectivity index (χ4v) is 1.84. The first-order valence-electron chi connectivity index (χ1n) is 6.01. The van der Waals surface area contributed by atoms with E-state index >= 15 is 0 Å². The van der Waals surface area contributed by atoms with Crippen LogP contribution in [0.3, 0.4) is 0 Å². The molecule has 0 heterocycles. The van der Waals surface area contributed by atoms with Crippen LogP contribution in [0.5, 0.6) is 0 Å². The third kappa shape index (κ3) is 18.5. The summed E-state index contributed by atoms with van der Waals surface area (Å²) >= 11 is 0. The SMILES string of the molecule is CC(=O)CCCCCCCCCOS(=O)(=O)[O-].[Li+]. The molecule has 0 aliphatic rings. The Morgan fingerprint density at radius 3 is 1.89 bits per heavy atom. The van der Waals surface area contributed by atoms with Crippen molar-refractivity contribution in [1.82, 2.24) is 0 Å². The molecule has 0 aromatic carbocycles. The van der Waals surface area contributed by atoms with Gasteiger partial charge in [0.05, 0.1) is 6.61 Å². The predicted molar refractivity (Wildman–Crippen MR) is 63.3 cm³/mol. The quantitative estimate of drug-likeness (QED) is 0.212. The van der Waals surface area contributed by atoms with E-state index in [2.05, 4.69) is 4.18 Å². The van der Waals surface area contributed by atoms with Gasteiger partial charge in [0.2, 0.25) is 10.4 Å². The summed E-state index contributed by atoms with van der Waals surface area (Å²) < 4.78 is 34.3. The molecule has 7 heteroatoms. The molecule has 0 rings (SSSR count). The van der Waals surface area contributed by atoms with E-state index in [1.807, 2.05) is 0 Å². The third-order valence-corrected chi connectivity index (χ3v) is 2.86. The molecule has 0 bridgehead atoms. The van der Waals surface area contributed by atoms with Crippen molar-refractivity contribution in [3.63, 3.8) is 0 Å². The first-order valence-corrected chi connectivity index (χ1v) is 7.35. The fraction of sp³-hybridized carbons (Fsp3) is 0.909.